The van der Waals surface area contributed by atoms with Gasteiger partial charge >= 0.3 is 0 Å². The Morgan fingerprint density at radius 3 is 2.65 bits per heavy atom. The minimum absolute atomic E-state index is 0.391. The second-order valence-electron chi connectivity index (χ2n) is 4.87. The molecule has 6 nitrogen and oxygen atoms in total. The predicted molar refractivity (Wildman–Crippen MR) is 81.1 cm³/mol. The molecule has 0 aliphatic carbocycles. The highest BCUT2D eigenvalue weighted by atomic mass is 32.2. The number of hydrogen-bond donors (Lipinski definition) is 2. The first-order valence-corrected chi connectivity index (χ1v) is 9.12. The molecule has 1 fully saturated rings. The molecule has 1 aromatic rings. The third-order valence-electron chi connectivity index (χ3n) is 3.28. The van der Waals surface area contributed by atoms with Crippen LogP contribution in [0.3, 0.4) is 0 Å². The van der Waals surface area contributed by atoms with Crippen molar-refractivity contribution in [1.82, 2.24) is 20.1 Å². The van der Waals surface area contributed by atoms with Gasteiger partial charge in [0.25, 0.3) is 10.0 Å². The number of hydrazine groups is 1. The van der Waals surface area contributed by atoms with Crippen LogP contribution in [0.15, 0.2) is 16.3 Å². The van der Waals surface area contributed by atoms with Crippen molar-refractivity contribution >= 4 is 21.4 Å². The second-order valence-corrected chi connectivity index (χ2v) is 7.50. The lowest BCUT2D eigenvalue weighted by molar-refractivity contribution is 0.135. The van der Waals surface area contributed by atoms with Gasteiger partial charge in [-0.05, 0) is 25.0 Å². The fourth-order valence-electron chi connectivity index (χ4n) is 2.05. The van der Waals surface area contributed by atoms with Crippen LogP contribution >= 0.6 is 11.3 Å². The molecule has 0 saturated carbocycles. The molecule has 0 unspecified atom stereocenters. The summed E-state index contributed by atoms with van der Waals surface area (Å²) in [6, 6.07) is 1.68. The summed E-state index contributed by atoms with van der Waals surface area (Å²) in [6.07, 6.45) is 0. The fraction of sp³-hybridized carbons (Fsp3) is 0.667. The maximum atomic E-state index is 12.4. The minimum atomic E-state index is -3.47. The van der Waals surface area contributed by atoms with Crippen molar-refractivity contribution < 1.29 is 8.42 Å². The van der Waals surface area contributed by atoms with Gasteiger partial charge in [-0.2, -0.15) is 0 Å². The molecule has 2 heterocycles. The maximum absolute atomic E-state index is 12.4. The lowest BCUT2D eigenvalue weighted by Gasteiger charge is -2.32. The topological polar surface area (TPSA) is 64.7 Å². The van der Waals surface area contributed by atoms with Crippen molar-refractivity contribution in [2.24, 2.45) is 0 Å². The number of piperazine rings is 1. The van der Waals surface area contributed by atoms with Crippen LogP contribution in [-0.4, -0.2) is 58.1 Å². The van der Waals surface area contributed by atoms with Crippen molar-refractivity contribution in [3.63, 3.8) is 0 Å². The first-order chi connectivity index (χ1) is 9.53. The number of nitrogens with zero attached hydrogens (tertiary/aromatic N) is 2. The van der Waals surface area contributed by atoms with Gasteiger partial charge in [0, 0.05) is 37.6 Å². The number of hydrogen-bond acceptors (Lipinski definition) is 6. The second kappa shape index (κ2) is 6.97. The zero-order valence-electron chi connectivity index (χ0n) is 11.9. The molecule has 0 atom stereocenters. The highest BCUT2D eigenvalue weighted by Gasteiger charge is 2.24. The molecule has 8 heteroatoms. The van der Waals surface area contributed by atoms with Crippen LogP contribution in [0.4, 0.5) is 0 Å². The van der Waals surface area contributed by atoms with Crippen molar-refractivity contribution in [3.8, 4) is 0 Å². The summed E-state index contributed by atoms with van der Waals surface area (Å²) in [5.74, 6) is 0. The van der Waals surface area contributed by atoms with Gasteiger partial charge in [-0.15, -0.1) is 16.2 Å². The number of sulfonamides is 1. The predicted octanol–water partition coefficient (Wildman–Crippen LogP) is 0.298. The van der Waals surface area contributed by atoms with E-state index >= 15 is 0 Å². The minimum Gasteiger partial charge on any atom is -0.312 e. The van der Waals surface area contributed by atoms with Crippen LogP contribution in [0.1, 0.15) is 11.8 Å². The molecule has 20 heavy (non-hydrogen) atoms. The van der Waals surface area contributed by atoms with Gasteiger partial charge in [-0.3, -0.25) is 0 Å². The molecular weight excluding hydrogens is 296 g/mol. The summed E-state index contributed by atoms with van der Waals surface area (Å²) in [4.78, 5) is 6.13. The lowest BCUT2D eigenvalue weighted by atomic mass is 10.4. The zero-order chi connectivity index (χ0) is 14.6. The highest BCUT2D eigenvalue weighted by molar-refractivity contribution is 7.89. The van der Waals surface area contributed by atoms with E-state index in [-0.39, 0.29) is 0 Å². The summed E-state index contributed by atoms with van der Waals surface area (Å²) in [6.45, 7) is 6.58. The normalized spacial score (nSPS) is 18.5. The number of thiophene rings is 1. The van der Waals surface area contributed by atoms with E-state index in [0.717, 1.165) is 24.5 Å². The molecule has 0 aromatic carbocycles. The Kier molecular flexibility index (Phi) is 5.53. The zero-order valence-corrected chi connectivity index (χ0v) is 13.6. The van der Waals surface area contributed by atoms with Gasteiger partial charge in [-0.25, -0.2) is 13.4 Å². The Labute approximate surface area is 124 Å². The smallest absolute Gasteiger partial charge is 0.254 e. The summed E-state index contributed by atoms with van der Waals surface area (Å²) in [5, 5.41) is 6.78. The van der Waals surface area contributed by atoms with E-state index in [1.807, 2.05) is 19.4 Å². The Bertz CT molecular complexity index is 521. The fourth-order valence-corrected chi connectivity index (χ4v) is 4.59. The number of nitrogens with one attached hydrogen (secondary N) is 2. The Balaban J connectivity index is 2.04. The molecule has 0 bridgehead atoms. The van der Waals surface area contributed by atoms with Crippen LogP contribution in [0, 0.1) is 0 Å². The van der Waals surface area contributed by atoms with Crippen LogP contribution < -0.4 is 10.1 Å². The van der Waals surface area contributed by atoms with Crippen LogP contribution in [0.5, 0.6) is 0 Å². The van der Waals surface area contributed by atoms with E-state index in [1.54, 1.807) is 11.1 Å². The molecule has 1 aromatic heterocycles. The van der Waals surface area contributed by atoms with Gasteiger partial charge in [0.15, 0.2) is 0 Å². The first kappa shape index (κ1) is 15.9. The SMILES string of the molecule is CCNCc1sccc1S(=O)(=O)NN1CCN(C)CC1. The Morgan fingerprint density at radius 1 is 1.30 bits per heavy atom. The Morgan fingerprint density at radius 2 is 2.00 bits per heavy atom. The highest BCUT2D eigenvalue weighted by Crippen LogP contribution is 2.22. The molecule has 2 rings (SSSR count). The maximum Gasteiger partial charge on any atom is 0.254 e. The largest absolute Gasteiger partial charge is 0.312 e. The van der Waals surface area contributed by atoms with E-state index in [4.69, 9.17) is 0 Å². The Hall–Kier alpha value is -0.510. The average molecular weight is 318 g/mol. The van der Waals surface area contributed by atoms with E-state index in [2.05, 4.69) is 15.0 Å². The average Bonchev–Trinajstić information content (AvgIpc) is 2.88. The molecule has 0 spiro atoms. The third kappa shape index (κ3) is 4.00. The van der Waals surface area contributed by atoms with Gasteiger partial charge in [0.2, 0.25) is 0 Å². The molecule has 1 aliphatic rings. The van der Waals surface area contributed by atoms with Crippen LogP contribution in [0.25, 0.3) is 0 Å². The monoisotopic (exact) mass is 318 g/mol. The molecule has 114 valence electrons. The van der Waals surface area contributed by atoms with E-state index < -0.39 is 10.0 Å². The third-order valence-corrected chi connectivity index (χ3v) is 5.79. The van der Waals surface area contributed by atoms with Crippen molar-refractivity contribution in [2.45, 2.75) is 18.4 Å². The van der Waals surface area contributed by atoms with Gasteiger partial charge in [0.05, 0.1) is 4.90 Å². The van der Waals surface area contributed by atoms with Gasteiger partial charge in [-0.1, -0.05) is 6.92 Å². The molecular formula is C12H22N4O2S2. The van der Waals surface area contributed by atoms with Crippen molar-refractivity contribution in [3.05, 3.63) is 16.3 Å². The first-order valence-electron chi connectivity index (χ1n) is 6.76. The summed E-state index contributed by atoms with van der Waals surface area (Å²) in [5.41, 5.74) is 0. The number of rotatable bonds is 6. The molecule has 1 saturated heterocycles. The van der Waals surface area contributed by atoms with Gasteiger partial charge in [0.1, 0.15) is 0 Å². The summed E-state index contributed by atoms with van der Waals surface area (Å²) < 4.78 is 24.9. The molecule has 1 aliphatic heterocycles. The molecule has 0 radical (unpaired) electrons. The lowest BCUT2D eigenvalue weighted by Crippen LogP contribution is -2.52. The van der Waals surface area contributed by atoms with Crippen molar-refractivity contribution in [2.75, 3.05) is 39.8 Å². The quantitative estimate of drug-likeness (QED) is 0.790. The van der Waals surface area contributed by atoms with Gasteiger partial charge < -0.3 is 10.2 Å². The molecule has 2 N–H and O–H groups in total. The van der Waals surface area contributed by atoms with E-state index in [1.165, 1.54) is 11.3 Å². The van der Waals surface area contributed by atoms with Crippen LogP contribution in [-0.2, 0) is 16.6 Å². The summed E-state index contributed by atoms with van der Waals surface area (Å²) >= 11 is 1.47. The van der Waals surface area contributed by atoms with Crippen molar-refractivity contribution in [1.29, 1.82) is 0 Å². The summed E-state index contributed by atoms with van der Waals surface area (Å²) in [7, 11) is -1.43. The van der Waals surface area contributed by atoms with E-state index in [0.29, 0.717) is 24.5 Å². The number of likely N-dealkylation sites (N-methyl/N-ethyl adjacent to an activating group) is 1. The van der Waals surface area contributed by atoms with E-state index in [9.17, 15) is 8.42 Å². The molecule has 0 amide bonds. The standard InChI is InChI=1S/C12H22N4O2S2/c1-3-13-10-11-12(4-9-19-11)20(17,18)14-16-7-5-15(2)6-8-16/h4,9,13-14H,3,5-8,10H2,1-2H3. The van der Waals surface area contributed by atoms with Crippen LogP contribution in [0.2, 0.25) is 0 Å².